The molecular formula is C10H21ClN2O2S. The van der Waals surface area contributed by atoms with E-state index in [0.29, 0.717) is 18.2 Å². The maximum atomic E-state index is 12.0. The Kier molecular flexibility index (Phi) is 5.04. The first-order valence-electron chi connectivity index (χ1n) is 5.80. The quantitative estimate of drug-likeness (QED) is 0.822. The Morgan fingerprint density at radius 1 is 1.38 bits per heavy atom. The number of nitrogens with one attached hydrogen (secondary N) is 1. The highest BCUT2D eigenvalue weighted by Gasteiger charge is 2.31. The van der Waals surface area contributed by atoms with Crippen LogP contribution in [0.15, 0.2) is 0 Å². The van der Waals surface area contributed by atoms with E-state index in [4.69, 9.17) is 0 Å². The molecule has 0 aromatic heterocycles. The smallest absolute Gasteiger partial charge is 0.214 e. The van der Waals surface area contributed by atoms with Gasteiger partial charge in [-0.1, -0.05) is 12.8 Å². The lowest BCUT2D eigenvalue weighted by molar-refractivity contribution is 0.283. The van der Waals surface area contributed by atoms with E-state index in [1.807, 2.05) is 6.92 Å². The zero-order valence-electron chi connectivity index (χ0n) is 9.68. The highest BCUT2D eigenvalue weighted by atomic mass is 35.5. The van der Waals surface area contributed by atoms with Crippen LogP contribution in [0.1, 0.15) is 26.2 Å². The molecule has 16 heavy (non-hydrogen) atoms. The largest absolute Gasteiger partial charge is 0.314 e. The molecular weight excluding hydrogens is 248 g/mol. The molecule has 1 N–H and O–H groups in total. The van der Waals surface area contributed by atoms with Crippen molar-refractivity contribution < 1.29 is 8.42 Å². The van der Waals surface area contributed by atoms with E-state index < -0.39 is 10.0 Å². The molecule has 0 aromatic rings. The molecule has 0 radical (unpaired) electrons. The molecule has 4 nitrogen and oxygen atoms in total. The van der Waals surface area contributed by atoms with Crippen molar-refractivity contribution in [1.82, 2.24) is 9.62 Å². The van der Waals surface area contributed by atoms with Gasteiger partial charge in [0.2, 0.25) is 10.0 Å². The summed E-state index contributed by atoms with van der Waals surface area (Å²) in [7, 11) is -2.99. The van der Waals surface area contributed by atoms with Crippen molar-refractivity contribution in [2.75, 3.05) is 25.4 Å². The zero-order chi connectivity index (χ0) is 10.9. The maximum Gasteiger partial charge on any atom is 0.214 e. The summed E-state index contributed by atoms with van der Waals surface area (Å²) in [6, 6.07) is 0.114. The van der Waals surface area contributed by atoms with Crippen molar-refractivity contribution in [1.29, 1.82) is 0 Å². The molecule has 0 spiro atoms. The van der Waals surface area contributed by atoms with Gasteiger partial charge in [0, 0.05) is 25.7 Å². The van der Waals surface area contributed by atoms with Gasteiger partial charge in [-0.05, 0) is 19.3 Å². The summed E-state index contributed by atoms with van der Waals surface area (Å²) >= 11 is 0. The topological polar surface area (TPSA) is 49.4 Å². The van der Waals surface area contributed by atoms with Crippen molar-refractivity contribution in [3.8, 4) is 0 Å². The number of halogens is 1. The van der Waals surface area contributed by atoms with Crippen LogP contribution in [0.4, 0.5) is 0 Å². The molecule has 1 aliphatic heterocycles. The second kappa shape index (κ2) is 5.67. The van der Waals surface area contributed by atoms with Gasteiger partial charge in [0.25, 0.3) is 0 Å². The molecule has 2 aliphatic rings. The number of hydrogen-bond acceptors (Lipinski definition) is 3. The molecule has 1 saturated carbocycles. The minimum atomic E-state index is -2.99. The minimum absolute atomic E-state index is 0. The Balaban J connectivity index is 0.00000128. The van der Waals surface area contributed by atoms with Gasteiger partial charge in [0.15, 0.2) is 0 Å². The summed E-state index contributed by atoms with van der Waals surface area (Å²) in [5.74, 6) is 1.04. The SMILES string of the molecule is C[C@@H]1CNCCN1S(=O)(=O)CCC1CC1.Cl. The monoisotopic (exact) mass is 268 g/mol. The fourth-order valence-electron chi connectivity index (χ4n) is 2.08. The van der Waals surface area contributed by atoms with Gasteiger partial charge < -0.3 is 5.32 Å². The Hall–Kier alpha value is 0.160. The summed E-state index contributed by atoms with van der Waals surface area (Å²) in [5, 5.41) is 3.21. The van der Waals surface area contributed by atoms with Crippen LogP contribution in [0.25, 0.3) is 0 Å². The van der Waals surface area contributed by atoms with Gasteiger partial charge in [0.1, 0.15) is 0 Å². The number of sulfonamides is 1. The Bertz CT molecular complexity index is 317. The van der Waals surface area contributed by atoms with Crippen molar-refractivity contribution in [2.45, 2.75) is 32.2 Å². The van der Waals surface area contributed by atoms with Gasteiger partial charge in [-0.15, -0.1) is 12.4 Å². The van der Waals surface area contributed by atoms with Crippen LogP contribution < -0.4 is 5.32 Å². The van der Waals surface area contributed by atoms with Crippen LogP contribution in [0.3, 0.4) is 0 Å². The number of hydrogen-bond donors (Lipinski definition) is 1. The molecule has 1 aliphatic carbocycles. The highest BCUT2D eigenvalue weighted by Crippen LogP contribution is 2.33. The standard InChI is InChI=1S/C10H20N2O2S.ClH/c1-9-8-11-5-6-12(9)15(13,14)7-4-10-2-3-10;/h9-11H,2-8H2,1H3;1H/t9-;/m1./s1. The molecule has 96 valence electrons. The van der Waals surface area contributed by atoms with Crippen LogP contribution in [0, 0.1) is 5.92 Å². The fraction of sp³-hybridized carbons (Fsp3) is 1.00. The van der Waals surface area contributed by atoms with Crippen LogP contribution in [0.5, 0.6) is 0 Å². The van der Waals surface area contributed by atoms with Gasteiger partial charge in [-0.25, -0.2) is 8.42 Å². The molecule has 2 rings (SSSR count). The minimum Gasteiger partial charge on any atom is -0.314 e. The molecule has 1 atom stereocenters. The first kappa shape index (κ1) is 14.2. The lowest BCUT2D eigenvalue weighted by Gasteiger charge is -2.32. The zero-order valence-corrected chi connectivity index (χ0v) is 11.3. The predicted molar refractivity (Wildman–Crippen MR) is 67.4 cm³/mol. The number of rotatable bonds is 4. The normalized spacial score (nSPS) is 27.4. The molecule has 6 heteroatoms. The molecule has 0 unspecified atom stereocenters. The van der Waals surface area contributed by atoms with E-state index >= 15 is 0 Å². The van der Waals surface area contributed by atoms with E-state index in [9.17, 15) is 8.42 Å². The lowest BCUT2D eigenvalue weighted by atomic mass is 10.3. The first-order valence-corrected chi connectivity index (χ1v) is 7.41. The van der Waals surface area contributed by atoms with Gasteiger partial charge in [-0.2, -0.15) is 4.31 Å². The van der Waals surface area contributed by atoms with Crippen molar-refractivity contribution in [2.24, 2.45) is 5.92 Å². The summed E-state index contributed by atoms with van der Waals surface area (Å²) < 4.78 is 25.7. The van der Waals surface area contributed by atoms with Crippen molar-refractivity contribution in [3.63, 3.8) is 0 Å². The van der Waals surface area contributed by atoms with Crippen molar-refractivity contribution >= 4 is 22.4 Å². The van der Waals surface area contributed by atoms with Gasteiger partial charge in [-0.3, -0.25) is 0 Å². The average molecular weight is 269 g/mol. The van der Waals surface area contributed by atoms with E-state index in [1.54, 1.807) is 4.31 Å². The lowest BCUT2D eigenvalue weighted by Crippen LogP contribution is -2.52. The first-order chi connectivity index (χ1) is 7.09. The molecule has 0 aromatic carbocycles. The fourth-order valence-corrected chi connectivity index (χ4v) is 3.93. The van der Waals surface area contributed by atoms with E-state index in [0.717, 1.165) is 19.5 Å². The molecule has 1 heterocycles. The Labute approximate surface area is 104 Å². The summed E-state index contributed by atoms with van der Waals surface area (Å²) in [6.07, 6.45) is 3.32. The van der Waals surface area contributed by atoms with E-state index in [-0.39, 0.29) is 18.4 Å². The Morgan fingerprint density at radius 3 is 2.62 bits per heavy atom. The summed E-state index contributed by atoms with van der Waals surface area (Å²) in [6.45, 7) is 4.17. The molecule has 2 fully saturated rings. The number of nitrogens with zero attached hydrogens (tertiary/aromatic N) is 1. The maximum absolute atomic E-state index is 12.0. The van der Waals surface area contributed by atoms with Crippen LogP contribution in [-0.2, 0) is 10.0 Å². The van der Waals surface area contributed by atoms with E-state index in [2.05, 4.69) is 5.32 Å². The average Bonchev–Trinajstić information content (AvgIpc) is 2.99. The predicted octanol–water partition coefficient (Wildman–Crippen LogP) is 0.832. The van der Waals surface area contributed by atoms with Gasteiger partial charge in [0.05, 0.1) is 5.75 Å². The number of piperazine rings is 1. The second-order valence-corrected chi connectivity index (χ2v) is 6.75. The molecule has 0 bridgehead atoms. The summed E-state index contributed by atoms with van der Waals surface area (Å²) in [5.41, 5.74) is 0. The highest BCUT2D eigenvalue weighted by molar-refractivity contribution is 7.89. The van der Waals surface area contributed by atoms with Crippen LogP contribution in [-0.4, -0.2) is 44.2 Å². The van der Waals surface area contributed by atoms with E-state index in [1.165, 1.54) is 12.8 Å². The molecule has 0 amide bonds. The van der Waals surface area contributed by atoms with Crippen LogP contribution in [0.2, 0.25) is 0 Å². The van der Waals surface area contributed by atoms with Crippen molar-refractivity contribution in [3.05, 3.63) is 0 Å². The van der Waals surface area contributed by atoms with Crippen LogP contribution >= 0.6 is 12.4 Å². The van der Waals surface area contributed by atoms with Gasteiger partial charge >= 0.3 is 0 Å². The third kappa shape index (κ3) is 3.58. The molecule has 1 saturated heterocycles. The third-order valence-electron chi connectivity index (χ3n) is 3.28. The summed E-state index contributed by atoms with van der Waals surface area (Å²) in [4.78, 5) is 0. The second-order valence-electron chi connectivity index (χ2n) is 4.71. The third-order valence-corrected chi connectivity index (χ3v) is 5.29. The Morgan fingerprint density at radius 2 is 2.06 bits per heavy atom.